The molecule has 0 aliphatic heterocycles. The third kappa shape index (κ3) is 2.85. The highest BCUT2D eigenvalue weighted by atomic mass is 19.1. The van der Waals surface area contributed by atoms with Gasteiger partial charge in [-0.3, -0.25) is 0 Å². The molecule has 0 saturated carbocycles. The molecule has 0 spiro atoms. The average Bonchev–Trinajstić information content (AvgIpc) is 3.02. The van der Waals surface area contributed by atoms with E-state index in [9.17, 15) is 9.60 Å². The van der Waals surface area contributed by atoms with Gasteiger partial charge in [0.25, 0.3) is 0 Å². The number of hydrogen-bond acceptors (Lipinski definition) is 4. The fourth-order valence-corrected chi connectivity index (χ4v) is 2.39. The SMILES string of the molecule is CC(C)c1cc(N/C(=N/O)c2ccnc3nc[nH]c23)ccc1F. The number of pyridine rings is 1. The minimum absolute atomic E-state index is 0.0477. The number of nitrogens with zero attached hydrogens (tertiary/aromatic N) is 3. The maximum Gasteiger partial charge on any atom is 0.179 e. The average molecular weight is 313 g/mol. The van der Waals surface area contributed by atoms with Crippen molar-refractivity contribution in [3.63, 3.8) is 0 Å². The molecule has 0 aliphatic rings. The summed E-state index contributed by atoms with van der Waals surface area (Å²) < 4.78 is 13.8. The number of halogens is 1. The smallest absolute Gasteiger partial charge is 0.179 e. The second kappa shape index (κ2) is 6.04. The maximum absolute atomic E-state index is 13.8. The number of oxime groups is 1. The first kappa shape index (κ1) is 15.0. The van der Waals surface area contributed by atoms with Crippen molar-refractivity contribution in [2.24, 2.45) is 5.16 Å². The normalized spacial score (nSPS) is 12.1. The van der Waals surface area contributed by atoms with Crippen molar-refractivity contribution in [1.82, 2.24) is 15.0 Å². The molecular weight excluding hydrogens is 297 g/mol. The van der Waals surface area contributed by atoms with Crippen molar-refractivity contribution in [2.45, 2.75) is 19.8 Å². The molecule has 0 unspecified atom stereocenters. The number of H-pyrrole nitrogens is 1. The Kier molecular flexibility index (Phi) is 3.92. The highest BCUT2D eigenvalue weighted by molar-refractivity contribution is 6.13. The van der Waals surface area contributed by atoms with Gasteiger partial charge in [0.15, 0.2) is 11.5 Å². The Balaban J connectivity index is 1.98. The van der Waals surface area contributed by atoms with Crippen molar-refractivity contribution in [1.29, 1.82) is 0 Å². The fourth-order valence-electron chi connectivity index (χ4n) is 2.39. The third-order valence-corrected chi connectivity index (χ3v) is 3.56. The van der Waals surface area contributed by atoms with Gasteiger partial charge in [0.1, 0.15) is 5.82 Å². The van der Waals surface area contributed by atoms with Crippen molar-refractivity contribution < 1.29 is 9.60 Å². The fraction of sp³-hybridized carbons (Fsp3) is 0.188. The van der Waals surface area contributed by atoms with E-state index in [1.807, 2.05) is 13.8 Å². The predicted molar refractivity (Wildman–Crippen MR) is 86.3 cm³/mol. The van der Waals surface area contributed by atoms with E-state index in [4.69, 9.17) is 0 Å². The van der Waals surface area contributed by atoms with Gasteiger partial charge in [-0.25, -0.2) is 14.4 Å². The van der Waals surface area contributed by atoms with Gasteiger partial charge in [0.05, 0.1) is 11.8 Å². The lowest BCUT2D eigenvalue weighted by atomic mass is 10.0. The van der Waals surface area contributed by atoms with Crippen LogP contribution < -0.4 is 5.32 Å². The molecule has 7 heteroatoms. The molecule has 3 rings (SSSR count). The highest BCUT2D eigenvalue weighted by Crippen LogP contribution is 2.23. The second-order valence-electron chi connectivity index (χ2n) is 5.42. The van der Waals surface area contributed by atoms with Crippen LogP contribution in [-0.4, -0.2) is 26.0 Å². The van der Waals surface area contributed by atoms with E-state index < -0.39 is 0 Å². The Labute approximate surface area is 132 Å². The van der Waals surface area contributed by atoms with Crippen LogP contribution >= 0.6 is 0 Å². The molecule has 0 aliphatic carbocycles. The van der Waals surface area contributed by atoms with E-state index >= 15 is 0 Å². The van der Waals surface area contributed by atoms with Crippen LogP contribution in [0.25, 0.3) is 11.2 Å². The number of anilines is 1. The molecular formula is C16H16FN5O. The summed E-state index contributed by atoms with van der Waals surface area (Å²) in [7, 11) is 0. The van der Waals surface area contributed by atoms with Gasteiger partial charge in [-0.05, 0) is 35.7 Å². The minimum Gasteiger partial charge on any atom is -0.409 e. The summed E-state index contributed by atoms with van der Waals surface area (Å²) in [4.78, 5) is 11.2. The first-order valence-corrected chi connectivity index (χ1v) is 7.17. The van der Waals surface area contributed by atoms with Crippen LogP contribution in [0.3, 0.4) is 0 Å². The second-order valence-corrected chi connectivity index (χ2v) is 5.42. The Hall–Kier alpha value is -2.96. The summed E-state index contributed by atoms with van der Waals surface area (Å²) in [6, 6.07) is 6.40. The number of amidine groups is 1. The van der Waals surface area contributed by atoms with Crippen LogP contribution in [0.4, 0.5) is 10.1 Å². The lowest BCUT2D eigenvalue weighted by Crippen LogP contribution is -2.15. The largest absolute Gasteiger partial charge is 0.409 e. The molecule has 0 amide bonds. The van der Waals surface area contributed by atoms with Crippen LogP contribution in [0.2, 0.25) is 0 Å². The zero-order valence-electron chi connectivity index (χ0n) is 12.7. The number of aromatic nitrogens is 3. The Morgan fingerprint density at radius 2 is 2.13 bits per heavy atom. The zero-order valence-corrected chi connectivity index (χ0v) is 12.7. The van der Waals surface area contributed by atoms with Gasteiger partial charge in [0, 0.05) is 17.4 Å². The van der Waals surface area contributed by atoms with Crippen LogP contribution in [0.15, 0.2) is 41.9 Å². The van der Waals surface area contributed by atoms with E-state index in [1.54, 1.807) is 24.4 Å². The number of nitrogens with one attached hydrogen (secondary N) is 2. The Morgan fingerprint density at radius 1 is 1.30 bits per heavy atom. The van der Waals surface area contributed by atoms with Crippen molar-refractivity contribution in [3.8, 4) is 0 Å². The lowest BCUT2D eigenvalue weighted by Gasteiger charge is -2.12. The molecule has 2 aromatic heterocycles. The van der Waals surface area contributed by atoms with Crippen LogP contribution in [0, 0.1) is 5.82 Å². The number of rotatable bonds is 3. The third-order valence-electron chi connectivity index (χ3n) is 3.56. The zero-order chi connectivity index (χ0) is 16.4. The van der Waals surface area contributed by atoms with Gasteiger partial charge in [-0.2, -0.15) is 0 Å². The number of aromatic amines is 1. The van der Waals surface area contributed by atoms with E-state index in [2.05, 4.69) is 25.4 Å². The molecule has 118 valence electrons. The van der Waals surface area contributed by atoms with Gasteiger partial charge in [-0.15, -0.1) is 0 Å². The standard InChI is InChI=1S/C16H16FN5O/c1-9(2)12-7-10(3-4-13(12)17)21-15(22-23)11-5-6-18-16-14(11)19-8-20-16/h3-9,23H,1-2H3,(H,21,22)(H,18,19,20). The summed E-state index contributed by atoms with van der Waals surface area (Å²) >= 11 is 0. The van der Waals surface area contributed by atoms with Crippen molar-refractivity contribution >= 4 is 22.7 Å². The molecule has 3 aromatic rings. The number of fused-ring (bicyclic) bond motifs is 1. The van der Waals surface area contributed by atoms with Crippen LogP contribution in [0.5, 0.6) is 0 Å². The molecule has 0 atom stereocenters. The van der Waals surface area contributed by atoms with E-state index in [0.29, 0.717) is 28.0 Å². The van der Waals surface area contributed by atoms with Crippen LogP contribution in [-0.2, 0) is 0 Å². The Morgan fingerprint density at radius 3 is 2.87 bits per heavy atom. The summed E-state index contributed by atoms with van der Waals surface area (Å²) in [5.74, 6) is 0.0161. The summed E-state index contributed by atoms with van der Waals surface area (Å²) in [6.45, 7) is 3.83. The van der Waals surface area contributed by atoms with E-state index in [-0.39, 0.29) is 17.6 Å². The summed E-state index contributed by atoms with van der Waals surface area (Å²) in [6.07, 6.45) is 3.10. The molecule has 23 heavy (non-hydrogen) atoms. The molecule has 0 saturated heterocycles. The molecule has 2 heterocycles. The van der Waals surface area contributed by atoms with Gasteiger partial charge >= 0.3 is 0 Å². The molecule has 1 aromatic carbocycles. The first-order chi connectivity index (χ1) is 11.1. The van der Waals surface area contributed by atoms with Gasteiger partial charge in [0.2, 0.25) is 0 Å². The summed E-state index contributed by atoms with van der Waals surface area (Å²) in [5, 5.41) is 15.7. The number of imidazole rings is 1. The predicted octanol–water partition coefficient (Wildman–Crippen LogP) is 3.47. The highest BCUT2D eigenvalue weighted by Gasteiger charge is 2.13. The number of benzene rings is 1. The topological polar surface area (TPSA) is 86.2 Å². The van der Waals surface area contributed by atoms with Crippen molar-refractivity contribution in [3.05, 3.63) is 53.7 Å². The molecule has 0 fully saturated rings. The van der Waals surface area contributed by atoms with Gasteiger partial charge < -0.3 is 15.5 Å². The Bertz CT molecular complexity index is 872. The quantitative estimate of drug-likeness (QED) is 0.299. The van der Waals surface area contributed by atoms with Gasteiger partial charge in [-0.1, -0.05) is 19.0 Å². The minimum atomic E-state index is -0.257. The lowest BCUT2D eigenvalue weighted by molar-refractivity contribution is 0.319. The molecule has 6 nitrogen and oxygen atoms in total. The number of hydrogen-bond donors (Lipinski definition) is 3. The molecule has 3 N–H and O–H groups in total. The maximum atomic E-state index is 13.8. The summed E-state index contributed by atoms with van der Waals surface area (Å²) in [5.41, 5.74) is 3.01. The van der Waals surface area contributed by atoms with Crippen molar-refractivity contribution in [2.75, 3.05) is 5.32 Å². The van der Waals surface area contributed by atoms with Crippen LogP contribution in [0.1, 0.15) is 30.9 Å². The van der Waals surface area contributed by atoms with E-state index in [0.717, 1.165) is 0 Å². The first-order valence-electron chi connectivity index (χ1n) is 7.17. The van der Waals surface area contributed by atoms with E-state index in [1.165, 1.54) is 12.4 Å². The molecule has 0 radical (unpaired) electrons. The molecule has 0 bridgehead atoms. The monoisotopic (exact) mass is 313 g/mol.